The maximum Gasteiger partial charge on any atom is 0.387 e. The van der Waals surface area contributed by atoms with Crippen molar-refractivity contribution in [1.82, 2.24) is 15.1 Å². The Kier molecular flexibility index (Phi) is 6.13. The van der Waals surface area contributed by atoms with Gasteiger partial charge in [0.05, 0.1) is 13.2 Å². The van der Waals surface area contributed by atoms with E-state index in [0.717, 1.165) is 36.3 Å². The van der Waals surface area contributed by atoms with Gasteiger partial charge in [0, 0.05) is 24.8 Å². The number of amides is 2. The number of hydrogen-bond donors (Lipinski definition) is 1. The summed E-state index contributed by atoms with van der Waals surface area (Å²) in [5.74, 6) is 0.519. The van der Waals surface area contributed by atoms with E-state index in [4.69, 9.17) is 4.74 Å². The second-order valence-corrected chi connectivity index (χ2v) is 9.79. The molecule has 8 nitrogen and oxygen atoms in total. The standard InChI is InChI=1S/C22H24F2N4O4S/c23-21(24)32-16-6-5-14(7-17(16)31-11-12-1-2-12)15-8-19(30)28(9-15)10-18(29)25-22-27-26-20(33-22)13-3-4-13/h5-7,12-13,15,21H,1-4,8-11H2,(H,25,27,29). The van der Waals surface area contributed by atoms with Crippen LogP contribution in [0.25, 0.3) is 0 Å². The van der Waals surface area contributed by atoms with Crippen molar-refractivity contribution in [2.75, 3.05) is 25.0 Å². The lowest BCUT2D eigenvalue weighted by Gasteiger charge is -2.17. The molecule has 2 heterocycles. The molecule has 0 spiro atoms. The molecule has 1 atom stereocenters. The van der Waals surface area contributed by atoms with Gasteiger partial charge in [-0.1, -0.05) is 17.4 Å². The van der Waals surface area contributed by atoms with Crippen molar-refractivity contribution in [3.63, 3.8) is 0 Å². The Hall–Kier alpha value is -2.82. The Balaban J connectivity index is 1.21. The second kappa shape index (κ2) is 9.20. The van der Waals surface area contributed by atoms with E-state index in [-0.39, 0.29) is 42.2 Å². The van der Waals surface area contributed by atoms with Crippen LogP contribution in [0.15, 0.2) is 18.2 Å². The average Bonchev–Trinajstić information content (AvgIpc) is 3.70. The molecule has 1 N–H and O–H groups in total. The maximum absolute atomic E-state index is 12.8. The van der Waals surface area contributed by atoms with Gasteiger partial charge in [-0.3, -0.25) is 14.9 Å². The summed E-state index contributed by atoms with van der Waals surface area (Å²) in [5.41, 5.74) is 0.789. The fourth-order valence-corrected chi connectivity index (χ4v) is 4.77. The summed E-state index contributed by atoms with van der Waals surface area (Å²) < 4.78 is 35.9. The molecule has 11 heteroatoms. The third-order valence-electron chi connectivity index (χ3n) is 5.99. The van der Waals surface area contributed by atoms with Gasteiger partial charge in [-0.05, 0) is 49.3 Å². The SMILES string of the molecule is O=C(CN1CC(c2ccc(OC(F)F)c(OCC3CC3)c2)CC1=O)Nc1nnc(C2CC2)s1. The molecule has 1 aromatic heterocycles. The zero-order valence-corrected chi connectivity index (χ0v) is 18.7. The van der Waals surface area contributed by atoms with Gasteiger partial charge in [0.25, 0.3) is 0 Å². The highest BCUT2D eigenvalue weighted by Gasteiger charge is 2.33. The molecule has 2 saturated carbocycles. The summed E-state index contributed by atoms with van der Waals surface area (Å²) in [7, 11) is 0. The van der Waals surface area contributed by atoms with Crippen LogP contribution in [0.3, 0.4) is 0 Å². The molecule has 1 aromatic carbocycles. The number of anilines is 1. The van der Waals surface area contributed by atoms with Gasteiger partial charge in [0.15, 0.2) is 11.5 Å². The number of ether oxygens (including phenoxy) is 2. The molecule has 2 amide bonds. The first-order valence-electron chi connectivity index (χ1n) is 11.1. The number of carbonyl (C=O) groups excluding carboxylic acids is 2. The van der Waals surface area contributed by atoms with Gasteiger partial charge in [-0.15, -0.1) is 10.2 Å². The fraction of sp³-hybridized carbons (Fsp3) is 0.545. The Bertz CT molecular complexity index is 1040. The van der Waals surface area contributed by atoms with E-state index in [9.17, 15) is 18.4 Å². The number of carbonyl (C=O) groups is 2. The summed E-state index contributed by atoms with van der Waals surface area (Å²) in [5, 5.41) is 12.2. The minimum atomic E-state index is -2.95. The molecule has 176 valence electrons. The number of aromatic nitrogens is 2. The second-order valence-electron chi connectivity index (χ2n) is 8.78. The molecule has 3 aliphatic rings. The number of rotatable bonds is 10. The first-order valence-corrected chi connectivity index (χ1v) is 11.9. The third kappa shape index (κ3) is 5.58. The van der Waals surface area contributed by atoms with Crippen molar-refractivity contribution in [2.45, 2.75) is 50.6 Å². The molecule has 0 bridgehead atoms. The molecular formula is C22H24F2N4O4S. The third-order valence-corrected chi connectivity index (χ3v) is 6.99. The Morgan fingerprint density at radius 3 is 2.73 bits per heavy atom. The van der Waals surface area contributed by atoms with Crippen molar-refractivity contribution in [3.8, 4) is 11.5 Å². The summed E-state index contributed by atoms with van der Waals surface area (Å²) in [4.78, 5) is 26.5. The first kappa shape index (κ1) is 22.0. The van der Waals surface area contributed by atoms with Gasteiger partial charge in [-0.25, -0.2) is 0 Å². The number of benzene rings is 1. The zero-order chi connectivity index (χ0) is 22.9. The van der Waals surface area contributed by atoms with Crippen LogP contribution in [0, 0.1) is 5.92 Å². The van der Waals surface area contributed by atoms with Crippen LogP contribution in [0.2, 0.25) is 0 Å². The van der Waals surface area contributed by atoms with E-state index in [1.807, 2.05) is 0 Å². The number of alkyl halides is 2. The highest BCUT2D eigenvalue weighted by Crippen LogP contribution is 2.42. The highest BCUT2D eigenvalue weighted by atomic mass is 32.1. The lowest BCUT2D eigenvalue weighted by atomic mass is 9.98. The van der Waals surface area contributed by atoms with Crippen molar-refractivity contribution < 1.29 is 27.8 Å². The molecular weight excluding hydrogens is 454 g/mol. The lowest BCUT2D eigenvalue weighted by molar-refractivity contribution is -0.131. The molecule has 2 aromatic rings. The molecule has 1 saturated heterocycles. The van der Waals surface area contributed by atoms with Gasteiger partial charge in [0.1, 0.15) is 5.01 Å². The summed E-state index contributed by atoms with van der Waals surface area (Å²) in [6.07, 6.45) is 4.58. The van der Waals surface area contributed by atoms with E-state index in [0.29, 0.717) is 30.1 Å². The fourth-order valence-electron chi connectivity index (χ4n) is 3.84. The summed E-state index contributed by atoms with van der Waals surface area (Å²) in [6, 6.07) is 4.79. The van der Waals surface area contributed by atoms with Crippen molar-refractivity contribution in [1.29, 1.82) is 0 Å². The number of nitrogens with one attached hydrogen (secondary N) is 1. The van der Waals surface area contributed by atoms with Gasteiger partial charge < -0.3 is 14.4 Å². The molecule has 5 rings (SSSR count). The normalized spacial score (nSPS) is 20.4. The topological polar surface area (TPSA) is 93.7 Å². The predicted molar refractivity (Wildman–Crippen MR) is 116 cm³/mol. The number of halogens is 2. The Morgan fingerprint density at radius 1 is 1.18 bits per heavy atom. The average molecular weight is 479 g/mol. The minimum absolute atomic E-state index is 0.0161. The van der Waals surface area contributed by atoms with Crippen molar-refractivity contribution in [2.24, 2.45) is 5.92 Å². The number of hydrogen-bond acceptors (Lipinski definition) is 7. The molecule has 1 unspecified atom stereocenters. The summed E-state index contributed by atoms with van der Waals surface area (Å²) in [6.45, 7) is -2.22. The monoisotopic (exact) mass is 478 g/mol. The molecule has 0 radical (unpaired) electrons. The van der Waals surface area contributed by atoms with E-state index in [1.165, 1.54) is 22.3 Å². The zero-order valence-electron chi connectivity index (χ0n) is 17.8. The first-order chi connectivity index (χ1) is 15.9. The van der Waals surface area contributed by atoms with Crippen LogP contribution in [0.5, 0.6) is 11.5 Å². The predicted octanol–water partition coefficient (Wildman–Crippen LogP) is 3.76. The molecule has 3 fully saturated rings. The van der Waals surface area contributed by atoms with Crippen molar-refractivity contribution >= 4 is 28.3 Å². The van der Waals surface area contributed by atoms with Crippen LogP contribution >= 0.6 is 11.3 Å². The smallest absolute Gasteiger partial charge is 0.387 e. The van der Waals surface area contributed by atoms with Gasteiger partial charge in [-0.2, -0.15) is 8.78 Å². The van der Waals surface area contributed by atoms with Crippen LogP contribution in [-0.2, 0) is 9.59 Å². The van der Waals surface area contributed by atoms with E-state index in [2.05, 4.69) is 20.3 Å². The maximum atomic E-state index is 12.8. The highest BCUT2D eigenvalue weighted by molar-refractivity contribution is 7.15. The Morgan fingerprint density at radius 2 is 2.00 bits per heavy atom. The minimum Gasteiger partial charge on any atom is -0.489 e. The largest absolute Gasteiger partial charge is 0.489 e. The number of nitrogens with zero attached hydrogens (tertiary/aromatic N) is 3. The van der Waals surface area contributed by atoms with E-state index >= 15 is 0 Å². The Labute approximate surface area is 193 Å². The van der Waals surface area contributed by atoms with Gasteiger partial charge >= 0.3 is 6.61 Å². The molecule has 33 heavy (non-hydrogen) atoms. The van der Waals surface area contributed by atoms with Crippen LogP contribution in [0.1, 0.15) is 54.5 Å². The quantitative estimate of drug-likeness (QED) is 0.559. The van der Waals surface area contributed by atoms with Crippen LogP contribution < -0.4 is 14.8 Å². The number of likely N-dealkylation sites (tertiary alicyclic amines) is 1. The van der Waals surface area contributed by atoms with E-state index < -0.39 is 6.61 Å². The van der Waals surface area contributed by atoms with Gasteiger partial charge in [0.2, 0.25) is 16.9 Å². The van der Waals surface area contributed by atoms with Crippen LogP contribution in [0.4, 0.5) is 13.9 Å². The molecule has 1 aliphatic heterocycles. The van der Waals surface area contributed by atoms with Crippen LogP contribution in [-0.4, -0.2) is 53.2 Å². The van der Waals surface area contributed by atoms with Crippen molar-refractivity contribution in [3.05, 3.63) is 28.8 Å². The molecule has 2 aliphatic carbocycles. The summed E-state index contributed by atoms with van der Waals surface area (Å²) >= 11 is 1.37. The van der Waals surface area contributed by atoms with E-state index in [1.54, 1.807) is 12.1 Å². The lowest BCUT2D eigenvalue weighted by Crippen LogP contribution is -2.34.